The first-order chi connectivity index (χ1) is 9.56. The van der Waals surface area contributed by atoms with Gasteiger partial charge in [-0.3, -0.25) is 4.79 Å². The Bertz CT molecular complexity index is 657. The zero-order valence-corrected chi connectivity index (χ0v) is 12.5. The minimum Gasteiger partial charge on any atom is -0.399 e. The highest BCUT2D eigenvalue weighted by molar-refractivity contribution is 5.85. The fourth-order valence-electron chi connectivity index (χ4n) is 2.63. The number of aromatic amines is 1. The van der Waals surface area contributed by atoms with Crippen LogP contribution in [0.1, 0.15) is 25.0 Å². The highest BCUT2D eigenvalue weighted by atomic mass is 16.1. The van der Waals surface area contributed by atoms with Crippen LogP contribution < -0.4 is 11.3 Å². The van der Waals surface area contributed by atoms with E-state index in [0.29, 0.717) is 5.69 Å². The van der Waals surface area contributed by atoms with Crippen molar-refractivity contribution in [2.75, 3.05) is 25.4 Å². The van der Waals surface area contributed by atoms with Gasteiger partial charge in [-0.05, 0) is 44.1 Å². The molecular formula is C16H23N3O. The third-order valence-corrected chi connectivity index (χ3v) is 4.00. The summed E-state index contributed by atoms with van der Waals surface area (Å²) >= 11 is 0. The van der Waals surface area contributed by atoms with Crippen molar-refractivity contribution in [2.24, 2.45) is 0 Å². The number of fused-ring (bicyclic) bond motifs is 1. The molecular weight excluding hydrogens is 250 g/mol. The molecule has 1 aromatic heterocycles. The molecule has 0 spiro atoms. The molecule has 20 heavy (non-hydrogen) atoms. The number of nitrogens with zero attached hydrogens (tertiary/aromatic N) is 1. The van der Waals surface area contributed by atoms with Gasteiger partial charge in [0, 0.05) is 23.2 Å². The zero-order chi connectivity index (χ0) is 14.7. The van der Waals surface area contributed by atoms with Crippen molar-refractivity contribution in [3.8, 4) is 0 Å². The van der Waals surface area contributed by atoms with Gasteiger partial charge in [-0.2, -0.15) is 0 Å². The number of aryl methyl sites for hydroxylation is 1. The van der Waals surface area contributed by atoms with Gasteiger partial charge in [0.05, 0.1) is 5.52 Å². The third kappa shape index (κ3) is 2.85. The van der Waals surface area contributed by atoms with Gasteiger partial charge in [-0.25, -0.2) is 0 Å². The first-order valence-electron chi connectivity index (χ1n) is 7.20. The minimum absolute atomic E-state index is 0.00718. The van der Waals surface area contributed by atoms with E-state index in [1.807, 2.05) is 25.1 Å². The summed E-state index contributed by atoms with van der Waals surface area (Å²) in [5.41, 5.74) is 9.21. The highest BCUT2D eigenvalue weighted by Gasteiger charge is 2.10. The van der Waals surface area contributed by atoms with E-state index in [-0.39, 0.29) is 5.56 Å². The van der Waals surface area contributed by atoms with Crippen LogP contribution in [-0.2, 0) is 6.42 Å². The Morgan fingerprint density at radius 3 is 2.60 bits per heavy atom. The number of nitrogen functional groups attached to an aromatic ring is 1. The van der Waals surface area contributed by atoms with Crippen LogP contribution in [0.4, 0.5) is 5.69 Å². The maximum absolute atomic E-state index is 12.2. The Morgan fingerprint density at radius 1 is 1.25 bits per heavy atom. The first kappa shape index (κ1) is 14.6. The SMILES string of the molecule is CCN(CC)CCc1c(C)c2ccc(N)cc2[nH]c1=O. The van der Waals surface area contributed by atoms with Gasteiger partial charge >= 0.3 is 0 Å². The van der Waals surface area contributed by atoms with Gasteiger partial charge in [-0.1, -0.05) is 19.9 Å². The van der Waals surface area contributed by atoms with Crippen LogP contribution in [0.3, 0.4) is 0 Å². The lowest BCUT2D eigenvalue weighted by atomic mass is 10.0. The lowest BCUT2D eigenvalue weighted by Crippen LogP contribution is -2.27. The smallest absolute Gasteiger partial charge is 0.251 e. The van der Waals surface area contributed by atoms with Crippen LogP contribution in [0, 0.1) is 6.92 Å². The van der Waals surface area contributed by atoms with E-state index >= 15 is 0 Å². The summed E-state index contributed by atoms with van der Waals surface area (Å²) < 4.78 is 0. The molecule has 0 unspecified atom stereocenters. The fraction of sp³-hybridized carbons (Fsp3) is 0.438. The van der Waals surface area contributed by atoms with E-state index in [4.69, 9.17) is 5.73 Å². The van der Waals surface area contributed by atoms with Gasteiger partial charge < -0.3 is 15.6 Å². The molecule has 0 aliphatic heterocycles. The van der Waals surface area contributed by atoms with Crippen LogP contribution in [0.2, 0.25) is 0 Å². The second-order valence-corrected chi connectivity index (χ2v) is 5.14. The average molecular weight is 273 g/mol. The minimum atomic E-state index is 0.00718. The predicted molar refractivity (Wildman–Crippen MR) is 85.2 cm³/mol. The van der Waals surface area contributed by atoms with Crippen LogP contribution in [0.15, 0.2) is 23.0 Å². The number of anilines is 1. The van der Waals surface area contributed by atoms with Crippen molar-refractivity contribution in [3.63, 3.8) is 0 Å². The number of likely N-dealkylation sites (N-methyl/N-ethyl adjacent to an activating group) is 1. The maximum Gasteiger partial charge on any atom is 0.251 e. The number of pyridine rings is 1. The second kappa shape index (κ2) is 6.09. The summed E-state index contributed by atoms with van der Waals surface area (Å²) in [6, 6.07) is 5.68. The van der Waals surface area contributed by atoms with Gasteiger partial charge in [0.15, 0.2) is 0 Å². The van der Waals surface area contributed by atoms with Gasteiger partial charge in [0.2, 0.25) is 0 Å². The Morgan fingerprint density at radius 2 is 1.95 bits per heavy atom. The molecule has 4 nitrogen and oxygen atoms in total. The summed E-state index contributed by atoms with van der Waals surface area (Å²) in [5, 5.41) is 1.08. The molecule has 2 rings (SSSR count). The molecule has 0 fully saturated rings. The van der Waals surface area contributed by atoms with Gasteiger partial charge in [-0.15, -0.1) is 0 Å². The summed E-state index contributed by atoms with van der Waals surface area (Å²) in [6.45, 7) is 9.24. The molecule has 0 atom stereocenters. The number of H-pyrrole nitrogens is 1. The monoisotopic (exact) mass is 273 g/mol. The number of rotatable bonds is 5. The zero-order valence-electron chi connectivity index (χ0n) is 12.5. The van der Waals surface area contributed by atoms with Crippen molar-refractivity contribution in [1.29, 1.82) is 0 Å². The molecule has 4 heteroatoms. The normalized spacial score (nSPS) is 11.4. The highest BCUT2D eigenvalue weighted by Crippen LogP contribution is 2.20. The van der Waals surface area contributed by atoms with Crippen molar-refractivity contribution < 1.29 is 0 Å². The van der Waals surface area contributed by atoms with Crippen molar-refractivity contribution in [2.45, 2.75) is 27.2 Å². The molecule has 1 aromatic carbocycles. The lowest BCUT2D eigenvalue weighted by Gasteiger charge is -2.18. The Kier molecular flexibility index (Phi) is 4.45. The molecule has 108 valence electrons. The molecule has 1 heterocycles. The molecule has 0 amide bonds. The third-order valence-electron chi connectivity index (χ3n) is 4.00. The first-order valence-corrected chi connectivity index (χ1v) is 7.20. The number of nitrogens with two attached hydrogens (primary N) is 1. The quantitative estimate of drug-likeness (QED) is 0.822. The molecule has 0 saturated heterocycles. The van der Waals surface area contributed by atoms with E-state index in [2.05, 4.69) is 23.7 Å². The number of benzene rings is 1. The Labute approximate surface area is 119 Å². The van der Waals surface area contributed by atoms with E-state index in [0.717, 1.165) is 48.1 Å². The van der Waals surface area contributed by atoms with Crippen LogP contribution in [0.25, 0.3) is 10.9 Å². The maximum atomic E-state index is 12.2. The second-order valence-electron chi connectivity index (χ2n) is 5.14. The molecule has 0 aliphatic carbocycles. The largest absolute Gasteiger partial charge is 0.399 e. The van der Waals surface area contributed by atoms with Crippen molar-refractivity contribution >= 4 is 16.6 Å². The van der Waals surface area contributed by atoms with E-state index in [9.17, 15) is 4.79 Å². The van der Waals surface area contributed by atoms with Crippen LogP contribution >= 0.6 is 0 Å². The van der Waals surface area contributed by atoms with Crippen LogP contribution in [-0.4, -0.2) is 29.5 Å². The van der Waals surface area contributed by atoms with Gasteiger partial charge in [0.1, 0.15) is 0 Å². The van der Waals surface area contributed by atoms with Crippen LogP contribution in [0.5, 0.6) is 0 Å². The van der Waals surface area contributed by atoms with E-state index < -0.39 is 0 Å². The number of hydrogen-bond acceptors (Lipinski definition) is 3. The number of nitrogens with one attached hydrogen (secondary N) is 1. The van der Waals surface area contributed by atoms with E-state index in [1.54, 1.807) is 0 Å². The topological polar surface area (TPSA) is 62.1 Å². The molecule has 0 bridgehead atoms. The predicted octanol–water partition coefficient (Wildman–Crippen LogP) is 2.30. The average Bonchev–Trinajstić information content (AvgIpc) is 2.42. The number of aromatic nitrogens is 1. The number of hydrogen-bond donors (Lipinski definition) is 2. The summed E-state index contributed by atoms with van der Waals surface area (Å²) in [5.74, 6) is 0. The Balaban J connectivity index is 2.39. The molecule has 0 radical (unpaired) electrons. The molecule has 0 aliphatic rings. The summed E-state index contributed by atoms with van der Waals surface area (Å²) in [7, 11) is 0. The summed E-state index contributed by atoms with van der Waals surface area (Å²) in [6.07, 6.45) is 0.781. The standard InChI is InChI=1S/C16H23N3O/c1-4-19(5-2)9-8-14-11(3)13-7-6-12(17)10-15(13)18-16(14)20/h6-7,10H,4-5,8-9,17H2,1-3H3,(H,18,20). The summed E-state index contributed by atoms with van der Waals surface area (Å²) in [4.78, 5) is 17.5. The molecule has 2 aromatic rings. The molecule has 0 saturated carbocycles. The molecule has 3 N–H and O–H groups in total. The fourth-order valence-corrected chi connectivity index (χ4v) is 2.63. The van der Waals surface area contributed by atoms with Gasteiger partial charge in [0.25, 0.3) is 5.56 Å². The Hall–Kier alpha value is -1.81. The van der Waals surface area contributed by atoms with E-state index in [1.165, 1.54) is 0 Å². The van der Waals surface area contributed by atoms with Crippen molar-refractivity contribution in [1.82, 2.24) is 9.88 Å². The van der Waals surface area contributed by atoms with Crippen molar-refractivity contribution in [3.05, 3.63) is 39.7 Å². The lowest BCUT2D eigenvalue weighted by molar-refractivity contribution is 0.307.